The first kappa shape index (κ1) is 18.4. The third kappa shape index (κ3) is 2.73. The van der Waals surface area contributed by atoms with Crippen LogP contribution < -0.4 is 4.74 Å². The van der Waals surface area contributed by atoms with Gasteiger partial charge in [-0.05, 0) is 29.8 Å². The van der Waals surface area contributed by atoms with E-state index in [0.29, 0.717) is 11.3 Å². The second-order valence-corrected chi connectivity index (χ2v) is 7.86. The van der Waals surface area contributed by atoms with E-state index in [4.69, 9.17) is 14.7 Å². The lowest BCUT2D eigenvalue weighted by molar-refractivity contribution is -0.135. The molecule has 6 nitrogen and oxygen atoms in total. The number of carboxylic acid groups (broad SMARTS) is 1. The highest BCUT2D eigenvalue weighted by Crippen LogP contribution is 2.47. The number of aromatic carboxylic acids is 1. The van der Waals surface area contributed by atoms with E-state index >= 15 is 0 Å². The van der Waals surface area contributed by atoms with E-state index in [1.807, 2.05) is 48.5 Å². The van der Waals surface area contributed by atoms with Crippen LogP contribution in [0.5, 0.6) is 5.75 Å². The van der Waals surface area contributed by atoms with Crippen molar-refractivity contribution in [2.24, 2.45) is 0 Å². The van der Waals surface area contributed by atoms with Crippen LogP contribution >= 0.6 is 0 Å². The van der Waals surface area contributed by atoms with Gasteiger partial charge >= 0.3 is 11.9 Å². The van der Waals surface area contributed by atoms with Gasteiger partial charge in [0.25, 0.3) is 0 Å². The molecule has 0 unspecified atom stereocenters. The third-order valence-electron chi connectivity index (χ3n) is 5.99. The van der Waals surface area contributed by atoms with Crippen molar-refractivity contribution in [1.29, 1.82) is 0 Å². The van der Waals surface area contributed by atoms with Gasteiger partial charge in [0.2, 0.25) is 0 Å². The molecule has 0 bridgehead atoms. The molecule has 0 saturated carbocycles. The molecule has 0 radical (unpaired) electrons. The maximum absolute atomic E-state index is 12.6. The smallest absolute Gasteiger partial charge is 0.335 e. The van der Waals surface area contributed by atoms with E-state index in [0.717, 1.165) is 38.4 Å². The number of fused-ring (bicyclic) bond motifs is 7. The van der Waals surface area contributed by atoms with Crippen molar-refractivity contribution >= 4 is 44.8 Å². The normalized spacial score (nSPS) is 15.6. The number of ether oxygens (including phenoxy) is 1. The van der Waals surface area contributed by atoms with Gasteiger partial charge in [0.15, 0.2) is 0 Å². The van der Waals surface area contributed by atoms with Gasteiger partial charge in [-0.1, -0.05) is 48.5 Å². The quantitative estimate of drug-likeness (QED) is 0.185. The van der Waals surface area contributed by atoms with E-state index in [9.17, 15) is 14.7 Å². The number of hydrogen-bond donors (Lipinski definition) is 1. The monoisotopic (exact) mass is 420 g/mol. The molecule has 6 heteroatoms. The molecule has 1 aliphatic rings. The van der Waals surface area contributed by atoms with E-state index in [-0.39, 0.29) is 23.9 Å². The Bertz CT molecular complexity index is 1570. The summed E-state index contributed by atoms with van der Waals surface area (Å²) in [5, 5.41) is 10.9. The van der Waals surface area contributed by atoms with Crippen molar-refractivity contribution in [1.82, 2.24) is 9.97 Å². The number of esters is 1. The number of carbonyl (C=O) groups excluding carboxylic acids is 1. The molecule has 1 N–H and O–H groups in total. The average molecular weight is 420 g/mol. The van der Waals surface area contributed by atoms with Crippen LogP contribution in [0.1, 0.15) is 33.8 Å². The molecule has 5 aromatic rings. The van der Waals surface area contributed by atoms with Crippen molar-refractivity contribution in [2.75, 3.05) is 0 Å². The highest BCUT2D eigenvalue weighted by Gasteiger charge is 2.33. The fourth-order valence-electron chi connectivity index (χ4n) is 4.52. The predicted octanol–water partition coefficient (Wildman–Crippen LogP) is 5.08. The number of rotatable bonds is 2. The highest BCUT2D eigenvalue weighted by molar-refractivity contribution is 6.12. The number of carbonyl (C=O) groups is 2. The Morgan fingerprint density at radius 2 is 1.47 bits per heavy atom. The molecule has 0 aliphatic carbocycles. The van der Waals surface area contributed by atoms with Crippen LogP contribution in [0.4, 0.5) is 0 Å². The summed E-state index contributed by atoms with van der Waals surface area (Å²) in [7, 11) is 0. The molecule has 0 fully saturated rings. The van der Waals surface area contributed by atoms with E-state index in [1.165, 1.54) is 0 Å². The summed E-state index contributed by atoms with van der Waals surface area (Å²) >= 11 is 0. The summed E-state index contributed by atoms with van der Waals surface area (Å²) in [6, 6.07) is 22.0. The third-order valence-corrected chi connectivity index (χ3v) is 5.99. The molecule has 0 amide bonds. The van der Waals surface area contributed by atoms with Crippen LogP contribution in [0.25, 0.3) is 32.8 Å². The van der Waals surface area contributed by atoms with E-state index in [1.54, 1.807) is 24.3 Å². The molecule has 154 valence electrons. The van der Waals surface area contributed by atoms with Crippen LogP contribution in [0.3, 0.4) is 0 Å². The summed E-state index contributed by atoms with van der Waals surface area (Å²) in [5.41, 5.74) is 4.83. The number of aromatic nitrogens is 2. The number of para-hydroxylation sites is 2. The molecular formula is C26H16N2O4. The second kappa shape index (κ2) is 6.85. The Labute approximate surface area is 182 Å². The van der Waals surface area contributed by atoms with Crippen LogP contribution in [0.2, 0.25) is 0 Å². The number of benzene rings is 4. The lowest BCUT2D eigenvalue weighted by Crippen LogP contribution is -2.22. The minimum atomic E-state index is -0.992. The van der Waals surface area contributed by atoms with E-state index < -0.39 is 5.97 Å². The molecule has 4 aromatic carbocycles. The Morgan fingerprint density at radius 3 is 2.16 bits per heavy atom. The van der Waals surface area contributed by atoms with E-state index in [2.05, 4.69) is 0 Å². The molecule has 1 atom stereocenters. The van der Waals surface area contributed by atoms with Crippen LogP contribution in [-0.4, -0.2) is 27.0 Å². The maximum Gasteiger partial charge on any atom is 0.335 e. The summed E-state index contributed by atoms with van der Waals surface area (Å²) < 4.78 is 5.78. The van der Waals surface area contributed by atoms with Gasteiger partial charge in [-0.15, -0.1) is 0 Å². The zero-order chi connectivity index (χ0) is 21.8. The highest BCUT2D eigenvalue weighted by atomic mass is 16.5. The molecule has 32 heavy (non-hydrogen) atoms. The Balaban J connectivity index is 1.72. The Hall–Kier alpha value is -4.32. The van der Waals surface area contributed by atoms with Crippen molar-refractivity contribution in [3.8, 4) is 5.75 Å². The molecule has 1 aliphatic heterocycles. The van der Waals surface area contributed by atoms with Gasteiger partial charge < -0.3 is 9.84 Å². The molecule has 0 spiro atoms. The van der Waals surface area contributed by atoms with Gasteiger partial charge in [0, 0.05) is 22.3 Å². The van der Waals surface area contributed by atoms with Gasteiger partial charge in [-0.25, -0.2) is 14.8 Å². The minimum absolute atomic E-state index is 0.140. The minimum Gasteiger partial charge on any atom is -0.478 e. The van der Waals surface area contributed by atoms with Gasteiger partial charge in [0.1, 0.15) is 5.75 Å². The van der Waals surface area contributed by atoms with Gasteiger partial charge in [-0.3, -0.25) is 4.79 Å². The largest absolute Gasteiger partial charge is 0.478 e. The molecule has 0 saturated heterocycles. The predicted molar refractivity (Wildman–Crippen MR) is 120 cm³/mol. The zero-order valence-corrected chi connectivity index (χ0v) is 16.8. The maximum atomic E-state index is 12.6. The SMILES string of the molecule is O=C1C[C@@H](c2ccc(C(=O)O)cc2)c2c(c3ccccc3c3nc4ccccc4nc23)O1. The Kier molecular flexibility index (Phi) is 3.95. The van der Waals surface area contributed by atoms with Crippen molar-refractivity contribution in [3.05, 3.63) is 89.5 Å². The number of hydrogen-bond acceptors (Lipinski definition) is 5. The van der Waals surface area contributed by atoms with Crippen LogP contribution in [-0.2, 0) is 4.79 Å². The molecule has 6 rings (SSSR count). The molecule has 1 aromatic heterocycles. The first-order valence-electron chi connectivity index (χ1n) is 10.2. The van der Waals surface area contributed by atoms with Crippen LogP contribution in [0, 0.1) is 0 Å². The first-order chi connectivity index (χ1) is 15.6. The van der Waals surface area contributed by atoms with Crippen molar-refractivity contribution < 1.29 is 19.4 Å². The van der Waals surface area contributed by atoms with Crippen molar-refractivity contribution in [3.63, 3.8) is 0 Å². The fraction of sp³-hybridized carbons (Fsp3) is 0.0769. The lowest BCUT2D eigenvalue weighted by Gasteiger charge is -2.27. The Morgan fingerprint density at radius 1 is 0.844 bits per heavy atom. The fourth-order valence-corrected chi connectivity index (χ4v) is 4.52. The summed E-state index contributed by atoms with van der Waals surface area (Å²) in [4.78, 5) is 33.8. The number of nitrogens with zero attached hydrogens (tertiary/aromatic N) is 2. The average Bonchev–Trinajstić information content (AvgIpc) is 2.82. The van der Waals surface area contributed by atoms with Gasteiger partial charge in [0.05, 0.1) is 34.1 Å². The topological polar surface area (TPSA) is 89.4 Å². The number of carboxylic acids is 1. The molecular weight excluding hydrogens is 404 g/mol. The van der Waals surface area contributed by atoms with Crippen molar-refractivity contribution in [2.45, 2.75) is 12.3 Å². The van der Waals surface area contributed by atoms with Crippen LogP contribution in [0.15, 0.2) is 72.8 Å². The summed E-state index contributed by atoms with van der Waals surface area (Å²) in [5.74, 6) is -1.14. The molecule has 2 heterocycles. The summed E-state index contributed by atoms with van der Waals surface area (Å²) in [6.45, 7) is 0. The second-order valence-electron chi connectivity index (χ2n) is 7.86. The standard InChI is InChI=1S/C26H16N2O4/c29-21-13-18(14-9-11-15(12-10-14)26(30)31)22-24-23(27-19-7-3-4-8-20(19)28-24)16-5-1-2-6-17(16)25(22)32-21/h1-12,18H,13H2,(H,30,31)/t18-/m0/s1. The summed E-state index contributed by atoms with van der Waals surface area (Å²) in [6.07, 6.45) is 0.140. The lowest BCUT2D eigenvalue weighted by atomic mass is 9.83. The first-order valence-corrected chi connectivity index (χ1v) is 10.2. The zero-order valence-electron chi connectivity index (χ0n) is 16.8. The van der Waals surface area contributed by atoms with Gasteiger partial charge in [-0.2, -0.15) is 0 Å².